The van der Waals surface area contributed by atoms with Gasteiger partial charge in [-0.3, -0.25) is 0 Å². The topological polar surface area (TPSA) is 75.1 Å². The van der Waals surface area contributed by atoms with Gasteiger partial charge >= 0.3 is 5.97 Å². The Balaban J connectivity index is 2.92. The molecule has 1 rings (SSSR count). The van der Waals surface area contributed by atoms with E-state index < -0.39 is 5.97 Å². The van der Waals surface area contributed by atoms with E-state index in [1.807, 2.05) is 37.3 Å². The third-order valence-electron chi connectivity index (χ3n) is 2.27. The third-order valence-corrected chi connectivity index (χ3v) is 2.27. The van der Waals surface area contributed by atoms with Crippen molar-refractivity contribution in [2.75, 3.05) is 7.11 Å². The molecule has 18 heavy (non-hydrogen) atoms. The van der Waals surface area contributed by atoms with Crippen molar-refractivity contribution in [1.29, 1.82) is 0 Å². The number of benzene rings is 1. The van der Waals surface area contributed by atoms with E-state index in [0.717, 1.165) is 11.1 Å². The number of rotatable bonds is 4. The molecule has 0 aliphatic heterocycles. The predicted molar refractivity (Wildman–Crippen MR) is 69.5 cm³/mol. The van der Waals surface area contributed by atoms with E-state index in [4.69, 9.17) is 5.53 Å². The van der Waals surface area contributed by atoms with Crippen LogP contribution in [0, 0.1) is 6.92 Å². The highest BCUT2D eigenvalue weighted by Gasteiger charge is 2.04. The molecule has 5 heteroatoms. The quantitative estimate of drug-likeness (QED) is 0.203. The molecule has 0 aromatic heterocycles. The average Bonchev–Trinajstić information content (AvgIpc) is 2.39. The second-order valence-corrected chi connectivity index (χ2v) is 3.45. The summed E-state index contributed by atoms with van der Waals surface area (Å²) in [5, 5.41) is 3.26. The van der Waals surface area contributed by atoms with Crippen LogP contribution in [0.5, 0.6) is 0 Å². The van der Waals surface area contributed by atoms with Gasteiger partial charge in [-0.15, -0.1) is 0 Å². The molecule has 92 valence electrons. The molecule has 0 fully saturated rings. The monoisotopic (exact) mass is 243 g/mol. The Hall–Kier alpha value is -2.52. The number of hydrogen-bond acceptors (Lipinski definition) is 3. The maximum Gasteiger partial charge on any atom is 0.340 e. The molecule has 0 saturated heterocycles. The molecule has 0 unspecified atom stereocenters. The molecule has 0 atom stereocenters. The number of carbonyl (C=O) groups is 1. The highest BCUT2D eigenvalue weighted by atomic mass is 16.5. The zero-order valence-corrected chi connectivity index (χ0v) is 10.2. The van der Waals surface area contributed by atoms with E-state index in [0.29, 0.717) is 0 Å². The van der Waals surface area contributed by atoms with E-state index in [9.17, 15) is 4.79 Å². The highest BCUT2D eigenvalue weighted by molar-refractivity contribution is 5.88. The lowest BCUT2D eigenvalue weighted by atomic mass is 10.1. The summed E-state index contributed by atoms with van der Waals surface area (Å²) in [4.78, 5) is 13.8. The van der Waals surface area contributed by atoms with Crippen molar-refractivity contribution in [3.05, 3.63) is 63.7 Å². The number of nitrogens with zero attached hydrogens (tertiary/aromatic N) is 3. The first-order chi connectivity index (χ1) is 8.69. The molecule has 0 aliphatic carbocycles. The number of azide groups is 1. The van der Waals surface area contributed by atoms with Gasteiger partial charge < -0.3 is 4.74 Å². The molecule has 0 bridgehead atoms. The molecule has 1 aromatic rings. The Bertz CT molecular complexity index is 541. The van der Waals surface area contributed by atoms with Crippen LogP contribution < -0.4 is 0 Å². The summed E-state index contributed by atoms with van der Waals surface area (Å²) in [7, 11) is 1.23. The van der Waals surface area contributed by atoms with E-state index in [-0.39, 0.29) is 5.70 Å². The summed E-state index contributed by atoms with van der Waals surface area (Å²) in [6.45, 7) is 1.98. The predicted octanol–water partition coefficient (Wildman–Crippen LogP) is 3.38. The van der Waals surface area contributed by atoms with Gasteiger partial charge in [-0.2, -0.15) is 0 Å². The fourth-order valence-electron chi connectivity index (χ4n) is 1.31. The molecule has 0 spiro atoms. The van der Waals surface area contributed by atoms with Gasteiger partial charge in [-0.25, -0.2) is 4.79 Å². The summed E-state index contributed by atoms with van der Waals surface area (Å²) in [6, 6.07) is 7.80. The van der Waals surface area contributed by atoms with Crippen LogP contribution in [0.1, 0.15) is 11.1 Å². The molecule has 0 N–H and O–H groups in total. The summed E-state index contributed by atoms with van der Waals surface area (Å²) in [5.74, 6) is -0.665. The molecular formula is C13H13N3O2. The second-order valence-electron chi connectivity index (χ2n) is 3.45. The van der Waals surface area contributed by atoms with Crippen LogP contribution in [-0.2, 0) is 9.53 Å². The van der Waals surface area contributed by atoms with Crippen LogP contribution in [0.2, 0.25) is 0 Å². The number of hydrogen-bond donors (Lipinski definition) is 0. The van der Waals surface area contributed by atoms with Gasteiger partial charge in [-0.1, -0.05) is 41.5 Å². The second kappa shape index (κ2) is 6.93. The van der Waals surface area contributed by atoms with E-state index >= 15 is 0 Å². The normalized spacial score (nSPS) is 11.1. The number of carbonyl (C=O) groups excluding carboxylic acids is 1. The minimum absolute atomic E-state index is 0.0789. The molecule has 0 saturated carbocycles. The minimum Gasteiger partial charge on any atom is -0.466 e. The van der Waals surface area contributed by atoms with Gasteiger partial charge in [0, 0.05) is 4.91 Å². The van der Waals surface area contributed by atoms with Crippen molar-refractivity contribution in [2.24, 2.45) is 5.11 Å². The van der Waals surface area contributed by atoms with Gasteiger partial charge in [0.05, 0.1) is 7.11 Å². The van der Waals surface area contributed by atoms with Crippen molar-refractivity contribution in [3.63, 3.8) is 0 Å². The van der Waals surface area contributed by atoms with Crippen molar-refractivity contribution in [3.8, 4) is 0 Å². The van der Waals surface area contributed by atoms with Crippen LogP contribution in [0.4, 0.5) is 0 Å². The van der Waals surface area contributed by atoms with Crippen molar-refractivity contribution >= 4 is 12.0 Å². The number of allylic oxidation sites excluding steroid dienone is 2. The Labute approximate surface area is 105 Å². The zero-order valence-electron chi connectivity index (χ0n) is 10.2. The number of ether oxygens (including phenoxy) is 1. The summed E-state index contributed by atoms with van der Waals surface area (Å²) < 4.78 is 4.49. The van der Waals surface area contributed by atoms with Gasteiger partial charge in [-0.05, 0) is 29.7 Å². The molecule has 0 heterocycles. The van der Waals surface area contributed by atoms with E-state index in [1.54, 1.807) is 6.08 Å². The van der Waals surface area contributed by atoms with Crippen LogP contribution in [-0.4, -0.2) is 13.1 Å². The van der Waals surface area contributed by atoms with Gasteiger partial charge in [0.15, 0.2) is 0 Å². The average molecular weight is 243 g/mol. The number of methoxy groups -OCH3 is 1. The molecule has 0 amide bonds. The lowest BCUT2D eigenvalue weighted by molar-refractivity contribution is -0.136. The molecule has 5 nitrogen and oxygen atoms in total. The van der Waals surface area contributed by atoms with Crippen LogP contribution in [0.3, 0.4) is 0 Å². The first kappa shape index (κ1) is 13.5. The Morgan fingerprint density at radius 1 is 1.44 bits per heavy atom. The summed E-state index contributed by atoms with van der Waals surface area (Å²) in [6.07, 6.45) is 4.88. The highest BCUT2D eigenvalue weighted by Crippen LogP contribution is 2.09. The van der Waals surface area contributed by atoms with Crippen molar-refractivity contribution in [2.45, 2.75) is 6.92 Å². The fraction of sp³-hybridized carbons (Fsp3) is 0.154. The lowest BCUT2D eigenvalue weighted by Crippen LogP contribution is -2.01. The Morgan fingerprint density at radius 3 is 2.78 bits per heavy atom. The fourth-order valence-corrected chi connectivity index (χ4v) is 1.31. The van der Waals surface area contributed by atoms with Gasteiger partial charge in [0.2, 0.25) is 0 Å². The Kier molecular flexibility index (Phi) is 5.22. The maximum absolute atomic E-state index is 11.2. The molecule has 0 aliphatic rings. The van der Waals surface area contributed by atoms with Gasteiger partial charge in [0.25, 0.3) is 0 Å². The number of esters is 1. The minimum atomic E-state index is -0.665. The molecule has 0 radical (unpaired) electrons. The van der Waals surface area contributed by atoms with Crippen molar-refractivity contribution in [1.82, 2.24) is 0 Å². The standard InChI is InChI=1S/C13H13N3O2/c1-10-6-3-4-7-11(10)8-5-9-12(15-16-14)13(17)18-2/h3-9H,1-2H3/b8-5+,12-9-. The molecule has 1 aromatic carbocycles. The largest absolute Gasteiger partial charge is 0.466 e. The third kappa shape index (κ3) is 3.81. The smallest absolute Gasteiger partial charge is 0.340 e. The summed E-state index contributed by atoms with van der Waals surface area (Å²) in [5.41, 5.74) is 10.4. The van der Waals surface area contributed by atoms with E-state index in [2.05, 4.69) is 14.8 Å². The van der Waals surface area contributed by atoms with Crippen LogP contribution >= 0.6 is 0 Å². The Morgan fingerprint density at radius 2 is 2.17 bits per heavy atom. The zero-order chi connectivity index (χ0) is 13.4. The summed E-state index contributed by atoms with van der Waals surface area (Å²) >= 11 is 0. The molecular weight excluding hydrogens is 230 g/mol. The van der Waals surface area contributed by atoms with Crippen molar-refractivity contribution < 1.29 is 9.53 Å². The number of aryl methyl sites for hydroxylation is 1. The van der Waals surface area contributed by atoms with Gasteiger partial charge in [0.1, 0.15) is 5.70 Å². The lowest BCUT2D eigenvalue weighted by Gasteiger charge is -1.98. The van der Waals surface area contributed by atoms with Crippen LogP contribution in [0.25, 0.3) is 16.5 Å². The van der Waals surface area contributed by atoms with Crippen LogP contribution in [0.15, 0.2) is 47.2 Å². The SMILES string of the molecule is COC(=O)/C(=C/C=C/c1ccccc1C)N=[N+]=[N-]. The first-order valence-electron chi connectivity index (χ1n) is 5.26. The maximum atomic E-state index is 11.2. The van der Waals surface area contributed by atoms with E-state index in [1.165, 1.54) is 13.2 Å². The first-order valence-corrected chi connectivity index (χ1v) is 5.26.